The topological polar surface area (TPSA) is 75.3 Å². The first kappa shape index (κ1) is 17.9. The predicted molar refractivity (Wildman–Crippen MR) is 105 cm³/mol. The maximum absolute atomic E-state index is 12.5. The minimum atomic E-state index is -3.40. The zero-order valence-corrected chi connectivity index (χ0v) is 15.4. The van der Waals surface area contributed by atoms with Crippen molar-refractivity contribution in [3.05, 3.63) is 77.4 Å². The smallest absolute Gasteiger partial charge is 0.251 e. The predicted octanol–water partition coefficient (Wildman–Crippen LogP) is 3.45. The molecule has 3 rings (SSSR count). The molecule has 0 fully saturated rings. The van der Waals surface area contributed by atoms with Crippen LogP contribution in [0.5, 0.6) is 0 Å². The zero-order valence-electron chi connectivity index (χ0n) is 14.6. The summed E-state index contributed by atoms with van der Waals surface area (Å²) >= 11 is 0. The molecule has 0 aliphatic heterocycles. The lowest BCUT2D eigenvalue weighted by molar-refractivity contribution is 0.0951. The monoisotopic (exact) mass is 368 g/mol. The van der Waals surface area contributed by atoms with Gasteiger partial charge >= 0.3 is 0 Å². The Balaban J connectivity index is 1.79. The maximum Gasteiger partial charge on any atom is 0.251 e. The number of sulfonamides is 1. The SMILES string of the molecule is Cc1ccc(C(=O)NCc2cccc3ccccc23)cc1NS(C)(=O)=O. The van der Waals surface area contributed by atoms with Crippen molar-refractivity contribution < 1.29 is 13.2 Å². The fraction of sp³-hybridized carbons (Fsp3) is 0.150. The van der Waals surface area contributed by atoms with Crippen molar-refractivity contribution in [2.45, 2.75) is 13.5 Å². The van der Waals surface area contributed by atoms with Crippen molar-refractivity contribution in [1.29, 1.82) is 0 Å². The molecule has 0 aliphatic rings. The molecule has 3 aromatic rings. The second kappa shape index (κ2) is 7.17. The van der Waals surface area contributed by atoms with Crippen LogP contribution < -0.4 is 10.0 Å². The van der Waals surface area contributed by atoms with Crippen LogP contribution in [0.1, 0.15) is 21.5 Å². The summed E-state index contributed by atoms with van der Waals surface area (Å²) in [6.45, 7) is 2.17. The van der Waals surface area contributed by atoms with Crippen molar-refractivity contribution in [2.75, 3.05) is 11.0 Å². The van der Waals surface area contributed by atoms with E-state index < -0.39 is 10.0 Å². The molecule has 5 nitrogen and oxygen atoms in total. The van der Waals surface area contributed by atoms with Gasteiger partial charge in [0, 0.05) is 12.1 Å². The molecule has 0 saturated heterocycles. The highest BCUT2D eigenvalue weighted by atomic mass is 32.2. The van der Waals surface area contributed by atoms with Crippen molar-refractivity contribution in [3.63, 3.8) is 0 Å². The summed E-state index contributed by atoms with van der Waals surface area (Å²) in [5.41, 5.74) is 2.59. The number of rotatable bonds is 5. The van der Waals surface area contributed by atoms with Gasteiger partial charge in [0.2, 0.25) is 10.0 Å². The van der Waals surface area contributed by atoms with Gasteiger partial charge in [0.25, 0.3) is 5.91 Å². The highest BCUT2D eigenvalue weighted by Crippen LogP contribution is 2.20. The van der Waals surface area contributed by atoms with Crippen LogP contribution >= 0.6 is 0 Å². The molecule has 0 saturated carbocycles. The second-order valence-corrected chi connectivity index (χ2v) is 7.97. The van der Waals surface area contributed by atoms with Crippen LogP contribution in [-0.4, -0.2) is 20.6 Å². The number of fused-ring (bicyclic) bond motifs is 1. The Hall–Kier alpha value is -2.86. The van der Waals surface area contributed by atoms with E-state index in [4.69, 9.17) is 0 Å². The number of amides is 1. The van der Waals surface area contributed by atoms with Crippen LogP contribution in [-0.2, 0) is 16.6 Å². The van der Waals surface area contributed by atoms with E-state index >= 15 is 0 Å². The number of carbonyl (C=O) groups excluding carboxylic acids is 1. The third kappa shape index (κ3) is 4.21. The molecule has 0 atom stereocenters. The number of anilines is 1. The summed E-state index contributed by atoms with van der Waals surface area (Å²) < 4.78 is 25.4. The molecular weight excluding hydrogens is 348 g/mol. The van der Waals surface area contributed by atoms with Gasteiger partial charge in [-0.25, -0.2) is 8.42 Å². The number of benzene rings is 3. The van der Waals surface area contributed by atoms with Crippen molar-refractivity contribution in [1.82, 2.24) is 5.32 Å². The molecule has 6 heteroatoms. The normalized spacial score (nSPS) is 11.3. The lowest BCUT2D eigenvalue weighted by Gasteiger charge is -2.11. The largest absolute Gasteiger partial charge is 0.348 e. The third-order valence-electron chi connectivity index (χ3n) is 4.11. The number of aryl methyl sites for hydroxylation is 1. The van der Waals surface area contributed by atoms with Crippen LogP contribution in [0.25, 0.3) is 10.8 Å². The van der Waals surface area contributed by atoms with Gasteiger partial charge < -0.3 is 5.32 Å². The number of carbonyl (C=O) groups is 1. The highest BCUT2D eigenvalue weighted by molar-refractivity contribution is 7.92. The van der Waals surface area contributed by atoms with Gasteiger partial charge in [0.15, 0.2) is 0 Å². The van der Waals surface area contributed by atoms with Gasteiger partial charge in [0.1, 0.15) is 0 Å². The second-order valence-electron chi connectivity index (χ2n) is 6.22. The van der Waals surface area contributed by atoms with Crippen LogP contribution in [0.15, 0.2) is 60.7 Å². The molecule has 1 amide bonds. The molecule has 0 radical (unpaired) electrons. The molecule has 26 heavy (non-hydrogen) atoms. The summed E-state index contributed by atoms with van der Waals surface area (Å²) in [5.74, 6) is -0.255. The quantitative estimate of drug-likeness (QED) is 0.724. The minimum Gasteiger partial charge on any atom is -0.348 e. The van der Waals surface area contributed by atoms with Gasteiger partial charge in [-0.1, -0.05) is 48.5 Å². The Morgan fingerprint density at radius 1 is 1.00 bits per heavy atom. The number of hydrogen-bond donors (Lipinski definition) is 2. The van der Waals surface area contributed by atoms with Crippen molar-refractivity contribution in [3.8, 4) is 0 Å². The fourth-order valence-electron chi connectivity index (χ4n) is 2.80. The van der Waals surface area contributed by atoms with E-state index in [-0.39, 0.29) is 5.91 Å². The van der Waals surface area contributed by atoms with E-state index in [0.29, 0.717) is 17.8 Å². The first-order chi connectivity index (χ1) is 12.3. The fourth-order valence-corrected chi connectivity index (χ4v) is 3.42. The Kier molecular flexibility index (Phi) is 4.95. The van der Waals surface area contributed by atoms with Gasteiger partial charge in [-0.3, -0.25) is 9.52 Å². The van der Waals surface area contributed by atoms with Crippen LogP contribution in [0.3, 0.4) is 0 Å². The summed E-state index contributed by atoms with van der Waals surface area (Å²) in [5, 5.41) is 5.12. The lowest BCUT2D eigenvalue weighted by Crippen LogP contribution is -2.23. The highest BCUT2D eigenvalue weighted by Gasteiger charge is 2.11. The van der Waals surface area contributed by atoms with Gasteiger partial charge in [-0.05, 0) is 41.0 Å². The first-order valence-electron chi connectivity index (χ1n) is 8.17. The van der Waals surface area contributed by atoms with Crippen LogP contribution in [0.2, 0.25) is 0 Å². The Bertz CT molecular complexity index is 1070. The molecule has 0 unspecified atom stereocenters. The Morgan fingerprint density at radius 2 is 1.73 bits per heavy atom. The first-order valence-corrected chi connectivity index (χ1v) is 10.1. The van der Waals surface area contributed by atoms with E-state index in [0.717, 1.165) is 28.2 Å². The van der Waals surface area contributed by atoms with Gasteiger partial charge in [-0.15, -0.1) is 0 Å². The summed E-state index contributed by atoms with van der Waals surface area (Å²) in [6, 6.07) is 18.9. The van der Waals surface area contributed by atoms with Crippen molar-refractivity contribution >= 4 is 32.4 Å². The maximum atomic E-state index is 12.5. The molecular formula is C20H20N2O3S. The Morgan fingerprint density at radius 3 is 2.50 bits per heavy atom. The minimum absolute atomic E-state index is 0.255. The summed E-state index contributed by atoms with van der Waals surface area (Å²) in [6.07, 6.45) is 1.08. The number of hydrogen-bond acceptors (Lipinski definition) is 3. The molecule has 0 aliphatic carbocycles. The lowest BCUT2D eigenvalue weighted by atomic mass is 10.0. The summed E-state index contributed by atoms with van der Waals surface area (Å²) in [4.78, 5) is 12.5. The average Bonchev–Trinajstić information content (AvgIpc) is 2.60. The summed E-state index contributed by atoms with van der Waals surface area (Å²) in [7, 11) is -3.40. The van der Waals surface area contributed by atoms with E-state index in [9.17, 15) is 13.2 Å². The van der Waals surface area contributed by atoms with Crippen LogP contribution in [0.4, 0.5) is 5.69 Å². The van der Waals surface area contributed by atoms with Crippen LogP contribution in [0, 0.1) is 6.92 Å². The standard InChI is InChI=1S/C20H20N2O3S/c1-14-10-11-16(12-19(14)22-26(2,24)25)20(23)21-13-17-8-5-7-15-6-3-4-9-18(15)17/h3-12,22H,13H2,1-2H3,(H,21,23). The molecule has 0 aromatic heterocycles. The molecule has 0 spiro atoms. The Labute approximate surface area is 153 Å². The molecule has 3 aromatic carbocycles. The molecule has 134 valence electrons. The third-order valence-corrected chi connectivity index (χ3v) is 4.71. The van der Waals surface area contributed by atoms with Gasteiger partial charge in [-0.2, -0.15) is 0 Å². The molecule has 0 heterocycles. The number of nitrogens with one attached hydrogen (secondary N) is 2. The van der Waals surface area contributed by atoms with E-state index in [2.05, 4.69) is 10.0 Å². The average molecular weight is 368 g/mol. The van der Waals surface area contributed by atoms with Gasteiger partial charge in [0.05, 0.1) is 11.9 Å². The zero-order chi connectivity index (χ0) is 18.7. The molecule has 2 N–H and O–H groups in total. The van der Waals surface area contributed by atoms with E-state index in [1.807, 2.05) is 42.5 Å². The molecule has 0 bridgehead atoms. The van der Waals surface area contributed by atoms with E-state index in [1.165, 1.54) is 0 Å². The van der Waals surface area contributed by atoms with Crippen molar-refractivity contribution in [2.24, 2.45) is 0 Å². The van der Waals surface area contributed by atoms with E-state index in [1.54, 1.807) is 25.1 Å².